The Balaban J connectivity index is 4.38. The summed E-state index contributed by atoms with van der Waals surface area (Å²) >= 11 is 0. The van der Waals surface area contributed by atoms with Crippen molar-refractivity contribution in [1.29, 1.82) is 0 Å². The Morgan fingerprint density at radius 3 is 2.30 bits per heavy atom. The summed E-state index contributed by atoms with van der Waals surface area (Å²) in [6, 6.07) is 0. The number of carbonyl (C=O) groups is 1. The van der Waals surface area contributed by atoms with E-state index >= 15 is 0 Å². The highest BCUT2D eigenvalue weighted by atomic mass is 16.1. The minimum Gasteiger partial charge on any atom is -0.368 e. The normalized spacial score (nSPS) is 19.1. The van der Waals surface area contributed by atoms with Gasteiger partial charge in [0.2, 0.25) is 5.91 Å². The van der Waals surface area contributed by atoms with Crippen LogP contribution >= 0.6 is 0 Å². The van der Waals surface area contributed by atoms with Crippen molar-refractivity contribution in [2.24, 2.45) is 17.4 Å². The first-order valence-corrected chi connectivity index (χ1v) is 3.14. The molecule has 0 rings (SSSR count). The van der Waals surface area contributed by atoms with Crippen molar-refractivity contribution in [3.05, 3.63) is 12.7 Å². The first-order valence-electron chi connectivity index (χ1n) is 3.14. The molecule has 0 aliphatic heterocycles. The third-order valence-electron chi connectivity index (χ3n) is 1.83. The molecule has 3 heteroatoms. The molecule has 2 atom stereocenters. The van der Waals surface area contributed by atoms with Gasteiger partial charge in [-0.05, 0) is 6.92 Å². The van der Waals surface area contributed by atoms with E-state index < -0.39 is 11.4 Å². The highest BCUT2D eigenvalue weighted by Crippen LogP contribution is 2.13. The average molecular weight is 142 g/mol. The predicted molar refractivity (Wildman–Crippen MR) is 41.1 cm³/mol. The maximum absolute atomic E-state index is 10.7. The zero-order chi connectivity index (χ0) is 8.36. The molecule has 0 aromatic carbocycles. The zero-order valence-electron chi connectivity index (χ0n) is 6.42. The molecule has 0 spiro atoms. The Labute approximate surface area is 61.1 Å². The molecular weight excluding hydrogens is 128 g/mol. The highest BCUT2D eigenvalue weighted by molar-refractivity contribution is 5.84. The van der Waals surface area contributed by atoms with E-state index in [9.17, 15) is 4.79 Å². The first kappa shape index (κ1) is 9.17. The topological polar surface area (TPSA) is 69.1 Å². The molecule has 0 saturated carbocycles. The lowest BCUT2D eigenvalue weighted by atomic mass is 9.88. The van der Waals surface area contributed by atoms with E-state index in [4.69, 9.17) is 11.5 Å². The molecule has 0 bridgehead atoms. The van der Waals surface area contributed by atoms with Crippen LogP contribution in [0.25, 0.3) is 0 Å². The fraction of sp³-hybridized carbons (Fsp3) is 0.571. The molecule has 3 nitrogen and oxygen atoms in total. The Kier molecular flexibility index (Phi) is 2.60. The van der Waals surface area contributed by atoms with Crippen LogP contribution in [-0.4, -0.2) is 11.4 Å². The fourth-order valence-electron chi connectivity index (χ4n) is 0.469. The van der Waals surface area contributed by atoms with Gasteiger partial charge in [0.1, 0.15) is 0 Å². The van der Waals surface area contributed by atoms with E-state index in [1.807, 2.05) is 0 Å². The van der Waals surface area contributed by atoms with E-state index in [0.717, 1.165) is 0 Å². The van der Waals surface area contributed by atoms with Crippen molar-refractivity contribution in [1.82, 2.24) is 0 Å². The predicted octanol–water partition coefficient (Wildman–Crippen LogP) is 0.0112. The Bertz CT molecular complexity index is 152. The SMILES string of the molecule is C=CC(C)[C@@](C)(N)C(N)=O. The van der Waals surface area contributed by atoms with Crippen molar-refractivity contribution in [3.8, 4) is 0 Å². The summed E-state index contributed by atoms with van der Waals surface area (Å²) in [6.45, 7) is 6.92. The second-order valence-electron chi connectivity index (χ2n) is 2.67. The summed E-state index contributed by atoms with van der Waals surface area (Å²) < 4.78 is 0. The molecule has 0 saturated heterocycles. The van der Waals surface area contributed by atoms with Crippen LogP contribution in [0.2, 0.25) is 0 Å². The average Bonchev–Trinajstić information content (AvgIpc) is 1.86. The molecule has 10 heavy (non-hydrogen) atoms. The van der Waals surface area contributed by atoms with Crippen LogP contribution in [0.1, 0.15) is 13.8 Å². The second kappa shape index (κ2) is 2.84. The van der Waals surface area contributed by atoms with Gasteiger partial charge in [0.15, 0.2) is 0 Å². The molecule has 0 aromatic rings. The summed E-state index contributed by atoms with van der Waals surface area (Å²) in [5.74, 6) is -0.593. The number of nitrogens with two attached hydrogens (primary N) is 2. The van der Waals surface area contributed by atoms with E-state index in [1.165, 1.54) is 0 Å². The number of amides is 1. The van der Waals surface area contributed by atoms with Crippen LogP contribution < -0.4 is 11.5 Å². The number of hydrogen-bond donors (Lipinski definition) is 2. The molecule has 0 heterocycles. The van der Waals surface area contributed by atoms with E-state index in [2.05, 4.69) is 6.58 Å². The molecule has 4 N–H and O–H groups in total. The van der Waals surface area contributed by atoms with Gasteiger partial charge in [0.05, 0.1) is 5.54 Å². The lowest BCUT2D eigenvalue weighted by Gasteiger charge is -2.25. The van der Waals surface area contributed by atoms with Gasteiger partial charge < -0.3 is 11.5 Å². The van der Waals surface area contributed by atoms with Gasteiger partial charge in [-0.3, -0.25) is 4.79 Å². The molecule has 0 fully saturated rings. The van der Waals surface area contributed by atoms with Crippen molar-refractivity contribution in [2.45, 2.75) is 19.4 Å². The minimum absolute atomic E-state index is 0.0926. The second-order valence-corrected chi connectivity index (χ2v) is 2.67. The molecular formula is C7H14N2O. The number of hydrogen-bond acceptors (Lipinski definition) is 2. The van der Waals surface area contributed by atoms with Crippen molar-refractivity contribution in [3.63, 3.8) is 0 Å². The highest BCUT2D eigenvalue weighted by Gasteiger charge is 2.30. The number of carbonyl (C=O) groups excluding carboxylic acids is 1. The largest absolute Gasteiger partial charge is 0.368 e. The van der Waals surface area contributed by atoms with E-state index in [1.54, 1.807) is 19.9 Å². The van der Waals surface area contributed by atoms with Crippen LogP contribution in [0.15, 0.2) is 12.7 Å². The van der Waals surface area contributed by atoms with Crippen LogP contribution in [0.4, 0.5) is 0 Å². The standard InChI is InChI=1S/C7H14N2O/c1-4-5(2)7(3,9)6(8)10/h4-5H,1,9H2,2-3H3,(H2,8,10)/t5?,7-/m1/s1. The first-order chi connectivity index (χ1) is 4.42. The lowest BCUT2D eigenvalue weighted by molar-refractivity contribution is -0.123. The van der Waals surface area contributed by atoms with Gasteiger partial charge in [-0.15, -0.1) is 6.58 Å². The van der Waals surface area contributed by atoms with Crippen LogP contribution in [0.3, 0.4) is 0 Å². The molecule has 58 valence electrons. The lowest BCUT2D eigenvalue weighted by Crippen LogP contribution is -2.53. The maximum Gasteiger partial charge on any atom is 0.237 e. The quantitative estimate of drug-likeness (QED) is 0.545. The molecule has 0 aliphatic carbocycles. The number of rotatable bonds is 3. The van der Waals surface area contributed by atoms with E-state index in [-0.39, 0.29) is 5.92 Å². The summed E-state index contributed by atoms with van der Waals surface area (Å²) in [6.07, 6.45) is 1.62. The minimum atomic E-state index is -0.970. The summed E-state index contributed by atoms with van der Waals surface area (Å²) in [5, 5.41) is 0. The van der Waals surface area contributed by atoms with Gasteiger partial charge in [0.25, 0.3) is 0 Å². The van der Waals surface area contributed by atoms with Crippen molar-refractivity contribution in [2.75, 3.05) is 0 Å². The van der Waals surface area contributed by atoms with Crippen LogP contribution in [-0.2, 0) is 4.79 Å². The smallest absolute Gasteiger partial charge is 0.237 e. The molecule has 0 aliphatic rings. The summed E-state index contributed by atoms with van der Waals surface area (Å²) in [5.41, 5.74) is 9.63. The zero-order valence-corrected chi connectivity index (χ0v) is 6.42. The van der Waals surface area contributed by atoms with Gasteiger partial charge in [-0.1, -0.05) is 13.0 Å². The van der Waals surface area contributed by atoms with Crippen molar-refractivity contribution < 1.29 is 4.79 Å². The fourth-order valence-corrected chi connectivity index (χ4v) is 0.469. The maximum atomic E-state index is 10.7. The van der Waals surface area contributed by atoms with Crippen LogP contribution in [0, 0.1) is 5.92 Å². The van der Waals surface area contributed by atoms with Gasteiger partial charge in [-0.2, -0.15) is 0 Å². The summed E-state index contributed by atoms with van der Waals surface area (Å²) in [4.78, 5) is 10.7. The van der Waals surface area contributed by atoms with Crippen LogP contribution in [0.5, 0.6) is 0 Å². The van der Waals surface area contributed by atoms with Gasteiger partial charge in [-0.25, -0.2) is 0 Å². The Hall–Kier alpha value is -0.830. The third-order valence-corrected chi connectivity index (χ3v) is 1.83. The summed E-state index contributed by atoms with van der Waals surface area (Å²) in [7, 11) is 0. The Morgan fingerprint density at radius 1 is 1.80 bits per heavy atom. The van der Waals surface area contributed by atoms with Gasteiger partial charge in [0, 0.05) is 5.92 Å². The molecule has 1 amide bonds. The van der Waals surface area contributed by atoms with E-state index in [0.29, 0.717) is 0 Å². The molecule has 0 radical (unpaired) electrons. The van der Waals surface area contributed by atoms with Gasteiger partial charge >= 0.3 is 0 Å². The Morgan fingerprint density at radius 2 is 2.20 bits per heavy atom. The molecule has 1 unspecified atom stereocenters. The van der Waals surface area contributed by atoms with Crippen molar-refractivity contribution >= 4 is 5.91 Å². The third kappa shape index (κ3) is 1.57. The molecule has 0 aromatic heterocycles. The number of primary amides is 1. The monoisotopic (exact) mass is 142 g/mol.